The predicted octanol–water partition coefficient (Wildman–Crippen LogP) is 3.39. The molecular formula is C13H10BrNO3S. The first-order chi connectivity index (χ1) is 9.06. The second-order valence-corrected chi connectivity index (χ2v) is 5.55. The van der Waals surface area contributed by atoms with Crippen molar-refractivity contribution >= 4 is 44.8 Å². The maximum Gasteiger partial charge on any atom is 0.337 e. The topological polar surface area (TPSA) is 66.4 Å². The monoisotopic (exact) mass is 339 g/mol. The number of aromatic carboxylic acids is 1. The first-order valence-electron chi connectivity index (χ1n) is 5.40. The summed E-state index contributed by atoms with van der Waals surface area (Å²) in [5, 5.41) is 15.5. The molecule has 1 heterocycles. The van der Waals surface area contributed by atoms with Crippen LogP contribution in [0.3, 0.4) is 0 Å². The summed E-state index contributed by atoms with van der Waals surface area (Å²) < 4.78 is 0.711. The Morgan fingerprint density at radius 2 is 2.11 bits per heavy atom. The van der Waals surface area contributed by atoms with Crippen LogP contribution in [0.25, 0.3) is 0 Å². The predicted molar refractivity (Wildman–Crippen MR) is 77.8 cm³/mol. The molecule has 1 aromatic heterocycles. The minimum Gasteiger partial charge on any atom is -0.478 e. The number of carbonyl (C=O) groups is 2. The number of carbonyl (C=O) groups excluding carboxylic acids is 1. The molecule has 2 N–H and O–H groups in total. The van der Waals surface area contributed by atoms with Crippen LogP contribution in [0, 0.1) is 0 Å². The number of nitrogens with one attached hydrogen (secondary N) is 1. The summed E-state index contributed by atoms with van der Waals surface area (Å²) in [4.78, 5) is 22.9. The smallest absolute Gasteiger partial charge is 0.337 e. The quantitative estimate of drug-likeness (QED) is 0.897. The van der Waals surface area contributed by atoms with Crippen molar-refractivity contribution in [3.05, 3.63) is 50.6 Å². The number of hydrogen-bond donors (Lipinski definition) is 2. The normalized spacial score (nSPS) is 10.2. The van der Waals surface area contributed by atoms with Crippen molar-refractivity contribution in [2.75, 3.05) is 5.32 Å². The summed E-state index contributed by atoms with van der Waals surface area (Å²) in [6.45, 7) is 0. The van der Waals surface area contributed by atoms with Gasteiger partial charge in [-0.25, -0.2) is 4.79 Å². The van der Waals surface area contributed by atoms with Crippen LogP contribution in [0.15, 0.2) is 39.5 Å². The van der Waals surface area contributed by atoms with E-state index < -0.39 is 5.97 Å². The Kier molecular flexibility index (Phi) is 4.34. The van der Waals surface area contributed by atoms with Gasteiger partial charge in [0.05, 0.1) is 17.7 Å². The van der Waals surface area contributed by atoms with Gasteiger partial charge in [-0.2, -0.15) is 11.3 Å². The summed E-state index contributed by atoms with van der Waals surface area (Å²) >= 11 is 4.77. The van der Waals surface area contributed by atoms with Crippen LogP contribution in [-0.4, -0.2) is 17.0 Å². The van der Waals surface area contributed by atoms with Gasteiger partial charge in [0, 0.05) is 4.47 Å². The lowest BCUT2D eigenvalue weighted by atomic mass is 10.1. The fourth-order valence-corrected chi connectivity index (χ4v) is 2.61. The fourth-order valence-electron chi connectivity index (χ4n) is 1.58. The fraction of sp³-hybridized carbons (Fsp3) is 0.0769. The maximum atomic E-state index is 11.9. The van der Waals surface area contributed by atoms with Crippen molar-refractivity contribution in [2.45, 2.75) is 6.42 Å². The number of carboxylic acid groups (broad SMARTS) is 1. The number of halogens is 1. The molecule has 98 valence electrons. The van der Waals surface area contributed by atoms with Gasteiger partial charge in [-0.3, -0.25) is 4.79 Å². The van der Waals surface area contributed by atoms with E-state index in [0.717, 1.165) is 5.56 Å². The van der Waals surface area contributed by atoms with E-state index in [1.165, 1.54) is 17.4 Å². The van der Waals surface area contributed by atoms with Crippen molar-refractivity contribution < 1.29 is 14.7 Å². The van der Waals surface area contributed by atoms with E-state index >= 15 is 0 Å². The highest BCUT2D eigenvalue weighted by Crippen LogP contribution is 2.22. The van der Waals surface area contributed by atoms with Crippen LogP contribution in [0.5, 0.6) is 0 Å². The van der Waals surface area contributed by atoms with Gasteiger partial charge in [-0.1, -0.05) is 15.9 Å². The number of benzene rings is 1. The average Bonchev–Trinajstić information content (AvgIpc) is 2.81. The lowest BCUT2D eigenvalue weighted by Crippen LogP contribution is -2.16. The minimum atomic E-state index is -1.07. The molecule has 19 heavy (non-hydrogen) atoms. The zero-order valence-corrected chi connectivity index (χ0v) is 12.1. The molecule has 0 bridgehead atoms. The third-order valence-electron chi connectivity index (χ3n) is 2.43. The molecule has 0 spiro atoms. The summed E-state index contributed by atoms with van der Waals surface area (Å²) in [5.41, 5.74) is 1.28. The Labute approximate surface area is 122 Å². The third kappa shape index (κ3) is 3.65. The highest BCUT2D eigenvalue weighted by molar-refractivity contribution is 9.10. The van der Waals surface area contributed by atoms with E-state index in [0.29, 0.717) is 10.2 Å². The first-order valence-corrected chi connectivity index (χ1v) is 7.13. The van der Waals surface area contributed by atoms with Crippen LogP contribution in [0.2, 0.25) is 0 Å². The van der Waals surface area contributed by atoms with Crippen molar-refractivity contribution in [2.24, 2.45) is 0 Å². The van der Waals surface area contributed by atoms with Crippen LogP contribution in [0.1, 0.15) is 15.9 Å². The number of thiophene rings is 1. The van der Waals surface area contributed by atoms with Crippen molar-refractivity contribution in [1.82, 2.24) is 0 Å². The van der Waals surface area contributed by atoms with Crippen LogP contribution in [0.4, 0.5) is 5.69 Å². The number of anilines is 1. The molecule has 0 aliphatic carbocycles. The van der Waals surface area contributed by atoms with Crippen molar-refractivity contribution in [1.29, 1.82) is 0 Å². The van der Waals surface area contributed by atoms with Gasteiger partial charge in [0.25, 0.3) is 0 Å². The molecule has 2 aromatic rings. The Bertz CT molecular complexity index is 610. The van der Waals surface area contributed by atoms with Gasteiger partial charge in [-0.15, -0.1) is 0 Å². The Balaban J connectivity index is 2.16. The van der Waals surface area contributed by atoms with Gasteiger partial charge in [0.15, 0.2) is 0 Å². The van der Waals surface area contributed by atoms with Gasteiger partial charge < -0.3 is 10.4 Å². The summed E-state index contributed by atoms with van der Waals surface area (Å²) in [5.74, 6) is -1.31. The first kappa shape index (κ1) is 13.8. The molecular weight excluding hydrogens is 330 g/mol. The van der Waals surface area contributed by atoms with E-state index in [1.54, 1.807) is 12.1 Å². The van der Waals surface area contributed by atoms with E-state index in [2.05, 4.69) is 21.2 Å². The largest absolute Gasteiger partial charge is 0.478 e. The highest BCUT2D eigenvalue weighted by atomic mass is 79.9. The van der Waals surface area contributed by atoms with E-state index in [-0.39, 0.29) is 17.9 Å². The molecule has 0 radical (unpaired) electrons. The third-order valence-corrected chi connectivity index (χ3v) is 3.66. The number of amides is 1. The Morgan fingerprint density at radius 1 is 1.32 bits per heavy atom. The molecule has 0 aliphatic heterocycles. The van der Waals surface area contributed by atoms with Gasteiger partial charge in [-0.05, 0) is 40.6 Å². The lowest BCUT2D eigenvalue weighted by Gasteiger charge is -2.08. The molecule has 0 saturated carbocycles. The number of rotatable bonds is 4. The number of carboxylic acids is 1. The Hall–Kier alpha value is -1.66. The molecule has 0 atom stereocenters. The standard InChI is InChI=1S/C13H10BrNO3S/c14-9-1-2-10(13(17)18)11(6-9)15-12(16)5-8-3-4-19-7-8/h1-4,6-7H,5H2,(H,15,16)(H,17,18). The van der Waals surface area contributed by atoms with E-state index in [1.807, 2.05) is 16.8 Å². The SMILES string of the molecule is O=C(Cc1ccsc1)Nc1cc(Br)ccc1C(=O)O. The van der Waals surface area contributed by atoms with Crippen LogP contribution in [-0.2, 0) is 11.2 Å². The second kappa shape index (κ2) is 5.99. The molecule has 1 aromatic carbocycles. The summed E-state index contributed by atoms with van der Waals surface area (Å²) in [7, 11) is 0. The summed E-state index contributed by atoms with van der Waals surface area (Å²) in [6.07, 6.45) is 0.231. The molecule has 4 nitrogen and oxygen atoms in total. The van der Waals surface area contributed by atoms with Crippen molar-refractivity contribution in [3.8, 4) is 0 Å². The zero-order chi connectivity index (χ0) is 13.8. The second-order valence-electron chi connectivity index (χ2n) is 3.85. The van der Waals surface area contributed by atoms with Crippen LogP contribution < -0.4 is 5.32 Å². The molecule has 0 fully saturated rings. The molecule has 0 unspecified atom stereocenters. The molecule has 0 aliphatic rings. The zero-order valence-electron chi connectivity index (χ0n) is 9.72. The van der Waals surface area contributed by atoms with Gasteiger partial charge in [0.2, 0.25) is 5.91 Å². The van der Waals surface area contributed by atoms with E-state index in [9.17, 15) is 9.59 Å². The summed E-state index contributed by atoms with van der Waals surface area (Å²) in [6, 6.07) is 6.52. The minimum absolute atomic E-state index is 0.0712. The molecule has 0 saturated heterocycles. The molecule has 6 heteroatoms. The number of hydrogen-bond acceptors (Lipinski definition) is 3. The lowest BCUT2D eigenvalue weighted by molar-refractivity contribution is -0.115. The van der Waals surface area contributed by atoms with Crippen molar-refractivity contribution in [3.63, 3.8) is 0 Å². The molecule has 1 amide bonds. The Morgan fingerprint density at radius 3 is 2.74 bits per heavy atom. The van der Waals surface area contributed by atoms with Gasteiger partial charge >= 0.3 is 5.97 Å². The average molecular weight is 340 g/mol. The van der Waals surface area contributed by atoms with Gasteiger partial charge in [0.1, 0.15) is 0 Å². The highest BCUT2D eigenvalue weighted by Gasteiger charge is 2.13. The van der Waals surface area contributed by atoms with E-state index in [4.69, 9.17) is 5.11 Å². The van der Waals surface area contributed by atoms with Crippen LogP contribution >= 0.6 is 27.3 Å². The molecule has 2 rings (SSSR count). The maximum absolute atomic E-state index is 11.9.